The summed E-state index contributed by atoms with van der Waals surface area (Å²) in [5.41, 5.74) is 1.53. The van der Waals surface area contributed by atoms with E-state index >= 15 is 0 Å². The molecule has 0 saturated carbocycles. The highest BCUT2D eigenvalue weighted by molar-refractivity contribution is 6.35. The molecule has 0 aliphatic rings. The van der Waals surface area contributed by atoms with Crippen molar-refractivity contribution in [1.82, 2.24) is 5.32 Å². The minimum absolute atomic E-state index is 0.136. The van der Waals surface area contributed by atoms with E-state index in [-0.39, 0.29) is 24.8 Å². The molecule has 2 aromatic rings. The average Bonchev–Trinajstić information content (AvgIpc) is 2.57. The first-order chi connectivity index (χ1) is 11.5. The molecule has 0 atom stereocenters. The number of nitrogens with one attached hydrogen (secondary N) is 1. The lowest BCUT2D eigenvalue weighted by molar-refractivity contribution is -0.121. The maximum Gasteiger partial charge on any atom is 0.223 e. The zero-order valence-corrected chi connectivity index (χ0v) is 14.8. The molecule has 6 heteroatoms. The van der Waals surface area contributed by atoms with Gasteiger partial charge in [-0.15, -0.1) is 0 Å². The van der Waals surface area contributed by atoms with Gasteiger partial charge < -0.3 is 10.2 Å². The van der Waals surface area contributed by atoms with E-state index in [2.05, 4.69) is 5.32 Å². The summed E-state index contributed by atoms with van der Waals surface area (Å²) in [6.45, 7) is 2.12. The molecule has 2 rings (SSSR count). The lowest BCUT2D eigenvalue weighted by Gasteiger charge is -2.22. The summed E-state index contributed by atoms with van der Waals surface area (Å²) in [5.74, 6) is -0.335. The number of carbonyl (C=O) groups excluding carboxylic acids is 2. The summed E-state index contributed by atoms with van der Waals surface area (Å²) in [4.78, 5) is 25.4. The number of hydrogen-bond acceptors (Lipinski definition) is 2. The molecule has 0 fully saturated rings. The number of nitrogens with zero attached hydrogens (tertiary/aromatic N) is 1. The predicted molar refractivity (Wildman–Crippen MR) is 97.4 cm³/mol. The Balaban J connectivity index is 1.95. The summed E-state index contributed by atoms with van der Waals surface area (Å²) < 4.78 is 0. The van der Waals surface area contributed by atoms with Gasteiger partial charge in [0.15, 0.2) is 0 Å². The van der Waals surface area contributed by atoms with Gasteiger partial charge in [0.1, 0.15) is 0 Å². The number of hydrogen-bond donors (Lipinski definition) is 1. The monoisotopic (exact) mass is 364 g/mol. The normalized spacial score (nSPS) is 10.3. The smallest absolute Gasteiger partial charge is 0.223 e. The molecule has 4 nitrogen and oxygen atoms in total. The highest BCUT2D eigenvalue weighted by Gasteiger charge is 2.16. The number of benzene rings is 2. The zero-order chi connectivity index (χ0) is 17.5. The summed E-state index contributed by atoms with van der Waals surface area (Å²) in [6, 6.07) is 14.5. The van der Waals surface area contributed by atoms with Crippen LogP contribution in [0, 0.1) is 0 Å². The van der Waals surface area contributed by atoms with Crippen molar-refractivity contribution in [2.75, 3.05) is 11.4 Å². The van der Waals surface area contributed by atoms with Crippen molar-refractivity contribution >= 4 is 40.7 Å². The molecule has 0 spiro atoms. The lowest BCUT2D eigenvalue weighted by Crippen LogP contribution is -2.34. The maximum atomic E-state index is 12.0. The van der Waals surface area contributed by atoms with Crippen LogP contribution >= 0.6 is 23.2 Å². The van der Waals surface area contributed by atoms with Gasteiger partial charge in [-0.05, 0) is 23.8 Å². The second kappa shape index (κ2) is 8.71. The SMILES string of the molecule is CC(=O)N(CCC(=O)NCc1ccccc1)c1cc(Cl)ccc1Cl. The maximum absolute atomic E-state index is 12.0. The fourth-order valence-electron chi connectivity index (χ4n) is 2.24. The van der Waals surface area contributed by atoms with Crippen LogP contribution in [0.3, 0.4) is 0 Å². The minimum atomic E-state index is -0.199. The molecule has 2 aromatic carbocycles. The van der Waals surface area contributed by atoms with Crippen LogP contribution in [0.4, 0.5) is 5.69 Å². The third-order valence-electron chi connectivity index (χ3n) is 3.47. The van der Waals surface area contributed by atoms with E-state index in [4.69, 9.17) is 23.2 Å². The molecular weight excluding hydrogens is 347 g/mol. The Morgan fingerprint density at radius 1 is 1.08 bits per heavy atom. The fourth-order valence-corrected chi connectivity index (χ4v) is 2.62. The van der Waals surface area contributed by atoms with Gasteiger partial charge in [-0.2, -0.15) is 0 Å². The van der Waals surface area contributed by atoms with Gasteiger partial charge in [-0.1, -0.05) is 53.5 Å². The van der Waals surface area contributed by atoms with Gasteiger partial charge in [0.2, 0.25) is 11.8 Å². The van der Waals surface area contributed by atoms with E-state index in [1.807, 2.05) is 30.3 Å². The second-order valence-electron chi connectivity index (χ2n) is 5.28. The quantitative estimate of drug-likeness (QED) is 0.840. The van der Waals surface area contributed by atoms with Crippen LogP contribution < -0.4 is 10.2 Å². The number of rotatable bonds is 6. The Hall–Kier alpha value is -2.04. The first kappa shape index (κ1) is 18.3. The van der Waals surface area contributed by atoms with Gasteiger partial charge in [0.05, 0.1) is 10.7 Å². The largest absolute Gasteiger partial charge is 0.352 e. The van der Waals surface area contributed by atoms with Crippen LogP contribution in [0.25, 0.3) is 0 Å². The number of amides is 2. The molecule has 2 amide bonds. The molecular formula is C18H18Cl2N2O2. The zero-order valence-electron chi connectivity index (χ0n) is 13.3. The Morgan fingerprint density at radius 2 is 1.79 bits per heavy atom. The summed E-state index contributed by atoms with van der Waals surface area (Å²) in [7, 11) is 0. The van der Waals surface area contributed by atoms with Crippen LogP contribution in [-0.4, -0.2) is 18.4 Å². The second-order valence-corrected chi connectivity index (χ2v) is 6.12. The van der Waals surface area contributed by atoms with E-state index in [0.29, 0.717) is 22.3 Å². The van der Waals surface area contributed by atoms with Crippen molar-refractivity contribution in [2.45, 2.75) is 19.9 Å². The molecule has 0 radical (unpaired) electrons. The third kappa shape index (κ3) is 5.25. The van der Waals surface area contributed by atoms with Crippen LogP contribution in [0.5, 0.6) is 0 Å². The minimum Gasteiger partial charge on any atom is -0.352 e. The Morgan fingerprint density at radius 3 is 2.46 bits per heavy atom. The Kier molecular flexibility index (Phi) is 6.64. The fraction of sp³-hybridized carbons (Fsp3) is 0.222. The van der Waals surface area contributed by atoms with Crippen molar-refractivity contribution in [3.8, 4) is 0 Å². The number of halogens is 2. The summed E-state index contributed by atoms with van der Waals surface area (Å²) in [5, 5.41) is 3.73. The van der Waals surface area contributed by atoms with Crippen LogP contribution in [0.2, 0.25) is 10.0 Å². The van der Waals surface area contributed by atoms with Crippen molar-refractivity contribution in [3.05, 3.63) is 64.1 Å². The van der Waals surface area contributed by atoms with Crippen molar-refractivity contribution in [1.29, 1.82) is 0 Å². The topological polar surface area (TPSA) is 49.4 Å². The highest BCUT2D eigenvalue weighted by Crippen LogP contribution is 2.29. The molecule has 0 bridgehead atoms. The average molecular weight is 365 g/mol. The van der Waals surface area contributed by atoms with Crippen LogP contribution in [-0.2, 0) is 16.1 Å². The predicted octanol–water partition coefficient (Wildman–Crippen LogP) is 4.05. The van der Waals surface area contributed by atoms with Gasteiger partial charge in [0, 0.05) is 31.5 Å². The Bertz CT molecular complexity index is 720. The third-order valence-corrected chi connectivity index (χ3v) is 4.03. The summed E-state index contributed by atoms with van der Waals surface area (Å²) in [6.07, 6.45) is 0.176. The van der Waals surface area contributed by atoms with E-state index in [1.54, 1.807) is 18.2 Å². The molecule has 1 N–H and O–H groups in total. The standard InChI is InChI=1S/C18H18Cl2N2O2/c1-13(23)22(17-11-15(19)7-8-16(17)20)10-9-18(24)21-12-14-5-3-2-4-6-14/h2-8,11H,9-10,12H2,1H3,(H,21,24). The van der Waals surface area contributed by atoms with Gasteiger partial charge in [0.25, 0.3) is 0 Å². The van der Waals surface area contributed by atoms with E-state index in [9.17, 15) is 9.59 Å². The number of anilines is 1. The molecule has 0 heterocycles. The molecule has 24 heavy (non-hydrogen) atoms. The molecule has 0 aliphatic carbocycles. The van der Waals surface area contributed by atoms with Crippen molar-refractivity contribution in [2.24, 2.45) is 0 Å². The summed E-state index contributed by atoms with van der Waals surface area (Å²) >= 11 is 12.1. The highest BCUT2D eigenvalue weighted by atomic mass is 35.5. The van der Waals surface area contributed by atoms with E-state index < -0.39 is 0 Å². The Labute approximate surface area is 151 Å². The first-order valence-electron chi connectivity index (χ1n) is 7.51. The first-order valence-corrected chi connectivity index (χ1v) is 8.26. The van der Waals surface area contributed by atoms with Gasteiger partial charge in [-0.25, -0.2) is 0 Å². The van der Waals surface area contributed by atoms with Gasteiger partial charge in [-0.3, -0.25) is 9.59 Å². The van der Waals surface area contributed by atoms with Crippen molar-refractivity contribution in [3.63, 3.8) is 0 Å². The molecule has 0 aliphatic heterocycles. The van der Waals surface area contributed by atoms with Crippen LogP contribution in [0.15, 0.2) is 48.5 Å². The number of carbonyl (C=O) groups is 2. The molecule has 126 valence electrons. The molecule has 0 saturated heterocycles. The van der Waals surface area contributed by atoms with Gasteiger partial charge >= 0.3 is 0 Å². The lowest BCUT2D eigenvalue weighted by atomic mass is 10.2. The molecule has 0 aromatic heterocycles. The van der Waals surface area contributed by atoms with Crippen LogP contribution in [0.1, 0.15) is 18.9 Å². The van der Waals surface area contributed by atoms with E-state index in [0.717, 1.165) is 5.56 Å². The van der Waals surface area contributed by atoms with Crippen molar-refractivity contribution < 1.29 is 9.59 Å². The van der Waals surface area contributed by atoms with E-state index in [1.165, 1.54) is 11.8 Å². The molecule has 0 unspecified atom stereocenters.